The number of anilines is 2. The zero-order chi connectivity index (χ0) is 14.7. The predicted molar refractivity (Wildman–Crippen MR) is 91.6 cm³/mol. The van der Waals surface area contributed by atoms with E-state index in [0.717, 1.165) is 20.0 Å². The summed E-state index contributed by atoms with van der Waals surface area (Å²) in [4.78, 5) is 12.1. The topological polar surface area (TPSA) is 66.9 Å². The van der Waals surface area contributed by atoms with E-state index >= 15 is 0 Å². The number of rotatable bonds is 4. The van der Waals surface area contributed by atoms with Gasteiger partial charge in [0.2, 0.25) is 10.1 Å². The van der Waals surface area contributed by atoms with Crippen molar-refractivity contribution in [2.45, 2.75) is 6.92 Å². The number of halogens is 3. The number of hydrogen-bond acceptors (Lipinski definition) is 5. The molecule has 0 atom stereocenters. The number of hydrogen-bond donors (Lipinski definition) is 2. The van der Waals surface area contributed by atoms with E-state index < -0.39 is 0 Å². The van der Waals surface area contributed by atoms with E-state index in [4.69, 9.17) is 0 Å². The first-order chi connectivity index (χ1) is 9.51. The van der Waals surface area contributed by atoms with Gasteiger partial charge in [-0.15, -0.1) is 10.2 Å². The van der Waals surface area contributed by atoms with Gasteiger partial charge in [0.15, 0.2) is 0 Å². The lowest BCUT2D eigenvalue weighted by atomic mass is 10.3. The molecule has 0 fully saturated rings. The Balaban J connectivity index is 2.19. The normalized spacial score (nSPS) is 10.4. The molecule has 0 radical (unpaired) electrons. The third kappa shape index (κ3) is 3.78. The molecule has 0 aliphatic rings. The molecular formula is C11H9Br3N4OS. The molecule has 20 heavy (non-hydrogen) atoms. The Kier molecular flexibility index (Phi) is 5.53. The minimum atomic E-state index is -0.296. The highest BCUT2D eigenvalue weighted by atomic mass is 79.9. The van der Waals surface area contributed by atoms with Gasteiger partial charge in [0.25, 0.3) is 5.91 Å². The highest BCUT2D eigenvalue weighted by Crippen LogP contribution is 2.34. The zero-order valence-corrected chi connectivity index (χ0v) is 15.8. The van der Waals surface area contributed by atoms with Gasteiger partial charge >= 0.3 is 0 Å². The fourth-order valence-electron chi connectivity index (χ4n) is 1.37. The van der Waals surface area contributed by atoms with Gasteiger partial charge in [0.1, 0.15) is 0 Å². The number of carbonyl (C=O) groups excluding carboxylic acids is 1. The average molecular weight is 485 g/mol. The maximum atomic E-state index is 12.1. The van der Waals surface area contributed by atoms with Gasteiger partial charge in [-0.1, -0.05) is 27.3 Å². The third-order valence-corrected chi connectivity index (χ3v) is 4.78. The molecule has 106 valence electrons. The van der Waals surface area contributed by atoms with Gasteiger partial charge in [0, 0.05) is 20.0 Å². The van der Waals surface area contributed by atoms with Crippen LogP contribution in [0.15, 0.2) is 25.6 Å². The van der Waals surface area contributed by atoms with Crippen LogP contribution in [0, 0.1) is 0 Å². The molecule has 0 unspecified atom stereocenters. The van der Waals surface area contributed by atoms with E-state index in [-0.39, 0.29) is 5.91 Å². The Morgan fingerprint density at radius 3 is 2.50 bits per heavy atom. The van der Waals surface area contributed by atoms with Gasteiger partial charge in [-0.3, -0.25) is 4.79 Å². The first-order valence-electron chi connectivity index (χ1n) is 5.54. The summed E-state index contributed by atoms with van der Waals surface area (Å²) in [5.74, 6) is -0.296. The summed E-state index contributed by atoms with van der Waals surface area (Å²) in [6, 6.07) is 3.70. The smallest absolute Gasteiger partial charge is 0.286 e. The monoisotopic (exact) mass is 482 g/mol. The number of nitrogens with one attached hydrogen (secondary N) is 2. The molecule has 0 aliphatic heterocycles. The Labute approximate surface area is 144 Å². The van der Waals surface area contributed by atoms with Crippen molar-refractivity contribution in [3.8, 4) is 0 Å². The molecule has 1 aromatic heterocycles. The van der Waals surface area contributed by atoms with Crippen molar-refractivity contribution in [1.82, 2.24) is 10.2 Å². The predicted octanol–water partition coefficient (Wildman–Crippen LogP) is 4.51. The van der Waals surface area contributed by atoms with Crippen molar-refractivity contribution < 1.29 is 4.79 Å². The van der Waals surface area contributed by atoms with Gasteiger partial charge in [-0.05, 0) is 50.9 Å². The summed E-state index contributed by atoms with van der Waals surface area (Å²) >= 11 is 11.4. The van der Waals surface area contributed by atoms with Crippen LogP contribution in [-0.2, 0) is 0 Å². The number of benzene rings is 1. The fraction of sp³-hybridized carbons (Fsp3) is 0.182. The van der Waals surface area contributed by atoms with Crippen molar-refractivity contribution in [3.63, 3.8) is 0 Å². The van der Waals surface area contributed by atoms with Gasteiger partial charge < -0.3 is 10.6 Å². The maximum Gasteiger partial charge on any atom is 0.286 e. The van der Waals surface area contributed by atoms with Crippen LogP contribution in [0.3, 0.4) is 0 Å². The lowest BCUT2D eigenvalue weighted by Gasteiger charge is -2.08. The first kappa shape index (κ1) is 15.9. The molecule has 0 saturated heterocycles. The molecule has 1 aromatic carbocycles. The van der Waals surface area contributed by atoms with Gasteiger partial charge in [-0.25, -0.2) is 0 Å². The zero-order valence-electron chi connectivity index (χ0n) is 10.2. The van der Waals surface area contributed by atoms with Crippen molar-refractivity contribution in [2.24, 2.45) is 0 Å². The van der Waals surface area contributed by atoms with Crippen molar-refractivity contribution in [2.75, 3.05) is 17.2 Å². The minimum absolute atomic E-state index is 0.296. The van der Waals surface area contributed by atoms with Crippen molar-refractivity contribution in [1.29, 1.82) is 0 Å². The Hall–Kier alpha value is -0.510. The quantitative estimate of drug-likeness (QED) is 0.670. The first-order valence-corrected chi connectivity index (χ1v) is 8.74. The third-order valence-electron chi connectivity index (χ3n) is 2.19. The van der Waals surface area contributed by atoms with E-state index in [1.54, 1.807) is 0 Å². The molecule has 9 heteroatoms. The van der Waals surface area contributed by atoms with E-state index in [2.05, 4.69) is 68.6 Å². The highest BCUT2D eigenvalue weighted by molar-refractivity contribution is 9.11. The van der Waals surface area contributed by atoms with Crippen LogP contribution in [0.5, 0.6) is 0 Å². The summed E-state index contributed by atoms with van der Waals surface area (Å²) in [6.45, 7) is 2.69. The number of amides is 1. The van der Waals surface area contributed by atoms with Crippen molar-refractivity contribution >= 4 is 75.9 Å². The summed E-state index contributed by atoms with van der Waals surface area (Å²) in [5.41, 5.74) is 0.651. The van der Waals surface area contributed by atoms with Crippen molar-refractivity contribution in [3.05, 3.63) is 30.6 Å². The molecule has 0 saturated carbocycles. The van der Waals surface area contributed by atoms with Crippen LogP contribution in [0.1, 0.15) is 16.7 Å². The molecule has 1 heterocycles. The van der Waals surface area contributed by atoms with Crippen LogP contribution in [0.25, 0.3) is 0 Å². The molecule has 5 nitrogen and oxygen atoms in total. The molecule has 0 aliphatic carbocycles. The Bertz CT molecular complexity index is 623. The standard InChI is InChI=1S/C11H9Br3N4OS/c1-2-15-11-18-17-10(20-11)9(19)16-8-6(13)3-5(12)4-7(8)14/h3-4H,2H2,1H3,(H,15,18)(H,16,19). The van der Waals surface area contributed by atoms with E-state index in [1.165, 1.54) is 11.3 Å². The largest absolute Gasteiger partial charge is 0.360 e. The summed E-state index contributed by atoms with van der Waals surface area (Å²) in [7, 11) is 0. The van der Waals surface area contributed by atoms with Crippen LogP contribution in [-0.4, -0.2) is 22.6 Å². The summed E-state index contributed by atoms with van der Waals surface area (Å²) in [5, 5.41) is 14.5. The van der Waals surface area contributed by atoms with Crippen LogP contribution in [0.4, 0.5) is 10.8 Å². The van der Waals surface area contributed by atoms with Gasteiger partial charge in [-0.2, -0.15) is 0 Å². The molecule has 0 spiro atoms. The number of aromatic nitrogens is 2. The Morgan fingerprint density at radius 1 is 1.25 bits per heavy atom. The average Bonchev–Trinajstić information content (AvgIpc) is 2.82. The summed E-state index contributed by atoms with van der Waals surface area (Å²) < 4.78 is 2.44. The number of carbonyl (C=O) groups is 1. The molecule has 2 rings (SSSR count). The molecule has 2 aromatic rings. The van der Waals surface area contributed by atoms with Crippen LogP contribution < -0.4 is 10.6 Å². The van der Waals surface area contributed by atoms with Gasteiger partial charge in [0.05, 0.1) is 5.69 Å². The lowest BCUT2D eigenvalue weighted by molar-refractivity contribution is 0.102. The molecule has 1 amide bonds. The second kappa shape index (κ2) is 6.97. The van der Waals surface area contributed by atoms with Crippen LogP contribution >= 0.6 is 59.1 Å². The maximum absolute atomic E-state index is 12.1. The van der Waals surface area contributed by atoms with E-state index in [0.29, 0.717) is 15.8 Å². The van der Waals surface area contributed by atoms with Crippen LogP contribution in [0.2, 0.25) is 0 Å². The van der Waals surface area contributed by atoms with E-state index in [9.17, 15) is 4.79 Å². The number of nitrogens with zero attached hydrogens (tertiary/aromatic N) is 2. The Morgan fingerprint density at radius 2 is 1.90 bits per heavy atom. The SMILES string of the molecule is CCNc1nnc(C(=O)Nc2c(Br)cc(Br)cc2Br)s1. The lowest BCUT2D eigenvalue weighted by Crippen LogP contribution is -2.12. The highest BCUT2D eigenvalue weighted by Gasteiger charge is 2.16. The van der Waals surface area contributed by atoms with E-state index in [1.807, 2.05) is 19.1 Å². The minimum Gasteiger partial charge on any atom is -0.360 e. The second-order valence-electron chi connectivity index (χ2n) is 3.64. The summed E-state index contributed by atoms with van der Waals surface area (Å²) in [6.07, 6.45) is 0. The molecule has 0 bridgehead atoms. The molecule has 2 N–H and O–H groups in total. The fourth-order valence-corrected chi connectivity index (χ4v) is 4.53. The second-order valence-corrected chi connectivity index (χ2v) is 7.24. The molecular weight excluding hydrogens is 476 g/mol.